The third-order valence-electron chi connectivity index (χ3n) is 4.22. The van der Waals surface area contributed by atoms with E-state index >= 15 is 0 Å². The second-order valence-electron chi connectivity index (χ2n) is 7.50. The van der Waals surface area contributed by atoms with Gasteiger partial charge in [-0.1, -0.05) is 23.2 Å². The molecule has 0 spiro atoms. The van der Waals surface area contributed by atoms with Gasteiger partial charge in [-0.05, 0) is 46.1 Å². The molecule has 7 heteroatoms. The zero-order valence-corrected chi connectivity index (χ0v) is 16.3. The topological polar surface area (TPSA) is 46.8 Å². The zero-order chi connectivity index (χ0) is 18.2. The molecular formula is C18H23Cl2N3O2. The Hall–Kier alpha value is -1.46. The SMILES string of the molecule is CC(C)(C)OC(=O)N1CCCC[C@H]1Cc1cn2cc(Cl)cc(Cl)c2n1. The number of rotatable bonds is 2. The highest BCUT2D eigenvalue weighted by molar-refractivity contribution is 6.36. The summed E-state index contributed by atoms with van der Waals surface area (Å²) >= 11 is 12.3. The van der Waals surface area contributed by atoms with E-state index in [-0.39, 0.29) is 12.1 Å². The molecule has 3 heterocycles. The highest BCUT2D eigenvalue weighted by Crippen LogP contribution is 2.25. The van der Waals surface area contributed by atoms with Crippen molar-refractivity contribution < 1.29 is 9.53 Å². The maximum absolute atomic E-state index is 12.5. The molecule has 1 atom stereocenters. The Morgan fingerprint density at radius 1 is 1.32 bits per heavy atom. The molecule has 0 aromatic carbocycles. The normalized spacial score (nSPS) is 18.6. The fourth-order valence-corrected chi connectivity index (χ4v) is 3.72. The van der Waals surface area contributed by atoms with E-state index in [9.17, 15) is 4.79 Å². The van der Waals surface area contributed by atoms with Gasteiger partial charge in [0.1, 0.15) is 5.60 Å². The number of imidazole rings is 1. The van der Waals surface area contributed by atoms with Crippen molar-refractivity contribution >= 4 is 34.9 Å². The van der Waals surface area contributed by atoms with E-state index in [0.29, 0.717) is 22.1 Å². The molecule has 1 saturated heterocycles. The molecule has 2 aromatic heterocycles. The molecule has 3 rings (SSSR count). The summed E-state index contributed by atoms with van der Waals surface area (Å²) in [6, 6.07) is 1.77. The van der Waals surface area contributed by atoms with Gasteiger partial charge in [0.25, 0.3) is 0 Å². The molecule has 2 aromatic rings. The summed E-state index contributed by atoms with van der Waals surface area (Å²) in [4.78, 5) is 19.0. The highest BCUT2D eigenvalue weighted by atomic mass is 35.5. The van der Waals surface area contributed by atoms with Crippen molar-refractivity contribution in [1.82, 2.24) is 14.3 Å². The molecule has 0 bridgehead atoms. The third-order valence-corrected chi connectivity index (χ3v) is 4.71. The number of hydrogen-bond acceptors (Lipinski definition) is 3. The fraction of sp³-hybridized carbons (Fsp3) is 0.556. The minimum absolute atomic E-state index is 0.0859. The molecular weight excluding hydrogens is 361 g/mol. The molecule has 25 heavy (non-hydrogen) atoms. The first kappa shape index (κ1) is 18.3. The van der Waals surface area contributed by atoms with Crippen LogP contribution < -0.4 is 0 Å². The maximum Gasteiger partial charge on any atom is 0.410 e. The highest BCUT2D eigenvalue weighted by Gasteiger charge is 2.31. The minimum atomic E-state index is -0.494. The number of carbonyl (C=O) groups is 1. The molecule has 136 valence electrons. The molecule has 1 aliphatic rings. The van der Waals surface area contributed by atoms with Crippen molar-refractivity contribution in [3.63, 3.8) is 0 Å². The Kier molecular flexibility index (Phi) is 5.16. The van der Waals surface area contributed by atoms with Crippen molar-refractivity contribution in [1.29, 1.82) is 0 Å². The van der Waals surface area contributed by atoms with Gasteiger partial charge in [-0.3, -0.25) is 0 Å². The molecule has 0 saturated carbocycles. The standard InChI is InChI=1S/C18H23Cl2N3O2/c1-18(2,3)25-17(24)23-7-5-4-6-14(23)9-13-11-22-10-12(19)8-15(20)16(22)21-13/h8,10-11,14H,4-7,9H2,1-3H3/t14-/m0/s1. The summed E-state index contributed by atoms with van der Waals surface area (Å²) in [7, 11) is 0. The number of aromatic nitrogens is 2. The van der Waals surface area contributed by atoms with Gasteiger partial charge in [-0.25, -0.2) is 9.78 Å². The lowest BCUT2D eigenvalue weighted by Crippen LogP contribution is -2.47. The maximum atomic E-state index is 12.5. The Bertz CT molecular complexity index is 782. The summed E-state index contributed by atoms with van der Waals surface area (Å²) in [5.74, 6) is 0. The first-order valence-electron chi connectivity index (χ1n) is 8.55. The number of likely N-dealkylation sites (tertiary alicyclic amines) is 1. The van der Waals surface area contributed by atoms with Crippen molar-refractivity contribution in [3.05, 3.63) is 34.2 Å². The zero-order valence-electron chi connectivity index (χ0n) is 14.8. The minimum Gasteiger partial charge on any atom is -0.444 e. The number of fused-ring (bicyclic) bond motifs is 1. The van der Waals surface area contributed by atoms with Gasteiger partial charge >= 0.3 is 6.09 Å². The van der Waals surface area contributed by atoms with Crippen LogP contribution >= 0.6 is 23.2 Å². The van der Waals surface area contributed by atoms with Gasteiger partial charge < -0.3 is 14.0 Å². The van der Waals surface area contributed by atoms with Crippen LogP contribution in [0.2, 0.25) is 10.0 Å². The molecule has 1 aliphatic heterocycles. The van der Waals surface area contributed by atoms with Crippen LogP contribution in [-0.2, 0) is 11.2 Å². The van der Waals surface area contributed by atoms with Crippen LogP contribution in [0.25, 0.3) is 5.65 Å². The van der Waals surface area contributed by atoms with Crippen LogP contribution in [0.1, 0.15) is 45.7 Å². The number of pyridine rings is 1. The number of nitrogens with zero attached hydrogens (tertiary/aromatic N) is 3. The second kappa shape index (κ2) is 7.04. The smallest absolute Gasteiger partial charge is 0.410 e. The summed E-state index contributed by atoms with van der Waals surface area (Å²) in [6.45, 7) is 6.38. The molecule has 0 N–H and O–H groups in total. The lowest BCUT2D eigenvalue weighted by atomic mass is 9.98. The third kappa shape index (κ3) is 4.39. The molecule has 1 amide bonds. The number of piperidine rings is 1. The van der Waals surface area contributed by atoms with Crippen molar-refractivity contribution in [2.75, 3.05) is 6.54 Å². The van der Waals surface area contributed by atoms with Gasteiger partial charge in [0.2, 0.25) is 0 Å². The Labute approximate surface area is 157 Å². The number of ether oxygens (including phenoxy) is 1. The Morgan fingerprint density at radius 2 is 2.08 bits per heavy atom. The van der Waals surface area contributed by atoms with Crippen molar-refractivity contribution in [2.45, 2.75) is 58.1 Å². The van der Waals surface area contributed by atoms with E-state index in [1.54, 1.807) is 12.3 Å². The van der Waals surface area contributed by atoms with Crippen molar-refractivity contribution in [3.8, 4) is 0 Å². The molecule has 0 aliphatic carbocycles. The first-order valence-corrected chi connectivity index (χ1v) is 9.31. The van der Waals surface area contributed by atoms with Crippen LogP contribution in [0.3, 0.4) is 0 Å². The average Bonchev–Trinajstić information content (AvgIpc) is 2.88. The fourth-order valence-electron chi connectivity index (χ4n) is 3.19. The summed E-state index contributed by atoms with van der Waals surface area (Å²) in [5, 5.41) is 1.08. The summed E-state index contributed by atoms with van der Waals surface area (Å²) in [5.41, 5.74) is 1.08. The van der Waals surface area contributed by atoms with Gasteiger partial charge in [-0.15, -0.1) is 0 Å². The monoisotopic (exact) mass is 383 g/mol. The molecule has 0 unspecified atom stereocenters. The predicted molar refractivity (Wildman–Crippen MR) is 99.5 cm³/mol. The number of carbonyl (C=O) groups excluding carboxylic acids is 1. The lowest BCUT2D eigenvalue weighted by Gasteiger charge is -2.36. The van der Waals surface area contributed by atoms with E-state index in [1.807, 2.05) is 36.3 Å². The number of amides is 1. The van der Waals surface area contributed by atoms with E-state index in [4.69, 9.17) is 27.9 Å². The summed E-state index contributed by atoms with van der Waals surface area (Å²) < 4.78 is 7.40. The van der Waals surface area contributed by atoms with Gasteiger partial charge in [0.15, 0.2) is 5.65 Å². The van der Waals surface area contributed by atoms with E-state index in [0.717, 1.165) is 31.5 Å². The quantitative estimate of drug-likeness (QED) is 0.734. The average molecular weight is 384 g/mol. The largest absolute Gasteiger partial charge is 0.444 e. The Balaban J connectivity index is 1.80. The summed E-state index contributed by atoms with van der Waals surface area (Å²) in [6.07, 6.45) is 7.19. The molecule has 1 fully saturated rings. The van der Waals surface area contributed by atoms with Gasteiger partial charge in [0, 0.05) is 31.4 Å². The van der Waals surface area contributed by atoms with Gasteiger partial charge in [0.05, 0.1) is 15.7 Å². The van der Waals surface area contributed by atoms with Gasteiger partial charge in [-0.2, -0.15) is 0 Å². The first-order chi connectivity index (χ1) is 11.7. The van der Waals surface area contributed by atoms with Crippen LogP contribution in [0, 0.1) is 0 Å². The van der Waals surface area contributed by atoms with Crippen LogP contribution in [0.4, 0.5) is 4.79 Å². The predicted octanol–water partition coefficient (Wildman–Crippen LogP) is 4.97. The Morgan fingerprint density at radius 3 is 2.80 bits per heavy atom. The van der Waals surface area contributed by atoms with E-state index < -0.39 is 5.60 Å². The van der Waals surface area contributed by atoms with Crippen LogP contribution in [0.5, 0.6) is 0 Å². The molecule has 5 nitrogen and oxygen atoms in total. The second-order valence-corrected chi connectivity index (χ2v) is 8.34. The van der Waals surface area contributed by atoms with E-state index in [2.05, 4.69) is 4.98 Å². The van der Waals surface area contributed by atoms with E-state index in [1.165, 1.54) is 0 Å². The lowest BCUT2D eigenvalue weighted by molar-refractivity contribution is 0.00986. The van der Waals surface area contributed by atoms with Crippen LogP contribution in [-0.4, -0.2) is 38.6 Å². The molecule has 0 radical (unpaired) electrons. The van der Waals surface area contributed by atoms with Crippen molar-refractivity contribution in [2.24, 2.45) is 0 Å². The number of halogens is 2. The van der Waals surface area contributed by atoms with Crippen LogP contribution in [0.15, 0.2) is 18.5 Å². The number of hydrogen-bond donors (Lipinski definition) is 0.